The van der Waals surface area contributed by atoms with Crippen molar-refractivity contribution in [2.24, 2.45) is 0 Å². The summed E-state index contributed by atoms with van der Waals surface area (Å²) in [6, 6.07) is 18.8. The minimum Gasteiger partial charge on any atom is -0.496 e. The van der Waals surface area contributed by atoms with E-state index < -0.39 is 21.9 Å². The molecule has 0 saturated carbocycles. The van der Waals surface area contributed by atoms with Crippen LogP contribution in [0.2, 0.25) is 0 Å². The van der Waals surface area contributed by atoms with Crippen molar-refractivity contribution in [2.75, 3.05) is 11.4 Å². The van der Waals surface area contributed by atoms with Crippen molar-refractivity contribution in [1.29, 1.82) is 0 Å². The van der Waals surface area contributed by atoms with E-state index in [1.807, 2.05) is 12.1 Å². The molecule has 0 amide bonds. The maximum absolute atomic E-state index is 14.4. The lowest BCUT2D eigenvalue weighted by molar-refractivity contribution is 0.407. The van der Waals surface area contributed by atoms with E-state index in [2.05, 4.69) is 15.9 Å². The highest BCUT2D eigenvalue weighted by Crippen LogP contribution is 2.37. The van der Waals surface area contributed by atoms with E-state index in [1.54, 1.807) is 43.3 Å². The van der Waals surface area contributed by atoms with Gasteiger partial charge >= 0.3 is 0 Å². The van der Waals surface area contributed by atoms with Gasteiger partial charge in [0.25, 0.3) is 10.0 Å². The SMILES string of the molecule is COc1ccccc1C(C)N(c1ccc(Br)cc1)S(=O)(=O)c1ccccc1F. The lowest BCUT2D eigenvalue weighted by Crippen LogP contribution is -2.34. The molecule has 0 spiro atoms. The van der Waals surface area contributed by atoms with Crippen molar-refractivity contribution < 1.29 is 17.5 Å². The summed E-state index contributed by atoms with van der Waals surface area (Å²) < 4.78 is 48.8. The fourth-order valence-corrected chi connectivity index (χ4v) is 5.03. The van der Waals surface area contributed by atoms with Crippen LogP contribution in [0.3, 0.4) is 0 Å². The number of sulfonamides is 1. The second-order valence-electron chi connectivity index (χ2n) is 6.13. The number of hydrogen-bond acceptors (Lipinski definition) is 3. The van der Waals surface area contributed by atoms with Crippen LogP contribution in [-0.4, -0.2) is 15.5 Å². The number of ether oxygens (including phenoxy) is 1. The topological polar surface area (TPSA) is 46.6 Å². The third-order valence-corrected chi connectivity index (χ3v) is 6.86. The molecule has 0 N–H and O–H groups in total. The van der Waals surface area contributed by atoms with Gasteiger partial charge in [0.05, 0.1) is 18.8 Å². The fourth-order valence-electron chi connectivity index (χ4n) is 3.06. The Bertz CT molecular complexity index is 1070. The standard InChI is InChI=1S/C21H19BrFNO3S/c1-15(18-7-3-5-9-20(18)27-2)24(17-13-11-16(22)12-14-17)28(25,26)21-10-6-4-8-19(21)23/h3-15H,1-2H3. The Morgan fingerprint density at radius 1 is 0.964 bits per heavy atom. The summed E-state index contributed by atoms with van der Waals surface area (Å²) in [4.78, 5) is -0.375. The Hall–Kier alpha value is -2.38. The number of rotatable bonds is 6. The summed E-state index contributed by atoms with van der Waals surface area (Å²) in [6.45, 7) is 1.75. The Kier molecular flexibility index (Phi) is 6.05. The molecule has 1 unspecified atom stereocenters. The first-order valence-corrected chi connectivity index (χ1v) is 10.8. The summed E-state index contributed by atoms with van der Waals surface area (Å²) in [5.41, 5.74) is 1.10. The summed E-state index contributed by atoms with van der Waals surface area (Å²) in [6.07, 6.45) is 0. The smallest absolute Gasteiger partial charge is 0.267 e. The van der Waals surface area contributed by atoms with Crippen LogP contribution < -0.4 is 9.04 Å². The van der Waals surface area contributed by atoms with Gasteiger partial charge in [-0.1, -0.05) is 46.3 Å². The van der Waals surface area contributed by atoms with Gasteiger partial charge in [0.1, 0.15) is 16.5 Å². The van der Waals surface area contributed by atoms with Crippen LogP contribution in [0.15, 0.2) is 82.2 Å². The first-order valence-electron chi connectivity index (χ1n) is 8.53. The first kappa shape index (κ1) is 20.4. The van der Waals surface area contributed by atoms with Crippen LogP contribution >= 0.6 is 15.9 Å². The lowest BCUT2D eigenvalue weighted by atomic mass is 10.1. The number of halogens is 2. The molecule has 1 atom stereocenters. The van der Waals surface area contributed by atoms with Crippen molar-refractivity contribution in [3.63, 3.8) is 0 Å². The number of hydrogen-bond donors (Lipinski definition) is 0. The first-order chi connectivity index (χ1) is 13.4. The summed E-state index contributed by atoms with van der Waals surface area (Å²) in [5.74, 6) is -0.238. The molecular formula is C21H19BrFNO3S. The van der Waals surface area contributed by atoms with Crippen molar-refractivity contribution in [2.45, 2.75) is 17.9 Å². The normalized spacial score (nSPS) is 12.4. The van der Waals surface area contributed by atoms with Gasteiger partial charge in [-0.15, -0.1) is 0 Å². The second-order valence-corrected chi connectivity index (χ2v) is 8.82. The van der Waals surface area contributed by atoms with Gasteiger partial charge in [0, 0.05) is 10.0 Å². The molecule has 0 bridgehead atoms. The highest BCUT2D eigenvalue weighted by Gasteiger charge is 2.33. The highest BCUT2D eigenvalue weighted by molar-refractivity contribution is 9.10. The van der Waals surface area contributed by atoms with E-state index in [0.717, 1.165) is 10.5 Å². The van der Waals surface area contributed by atoms with Crippen molar-refractivity contribution in [3.8, 4) is 5.75 Å². The van der Waals surface area contributed by atoms with Gasteiger partial charge in [-0.3, -0.25) is 4.31 Å². The molecule has 0 aliphatic carbocycles. The molecule has 146 valence electrons. The van der Waals surface area contributed by atoms with Gasteiger partial charge < -0.3 is 4.74 Å². The summed E-state index contributed by atoms with van der Waals surface area (Å²) in [7, 11) is -2.65. The van der Waals surface area contributed by atoms with Gasteiger partial charge in [0.2, 0.25) is 0 Å². The molecule has 3 aromatic rings. The predicted molar refractivity (Wildman–Crippen MR) is 112 cm³/mol. The maximum Gasteiger partial charge on any atom is 0.267 e. The number of nitrogens with zero attached hydrogens (tertiary/aromatic N) is 1. The molecule has 0 aliphatic rings. The Morgan fingerprint density at radius 2 is 1.57 bits per heavy atom. The molecule has 0 aromatic heterocycles. The molecule has 3 rings (SSSR count). The monoisotopic (exact) mass is 463 g/mol. The average molecular weight is 464 g/mol. The molecule has 0 saturated heterocycles. The van der Waals surface area contributed by atoms with E-state index in [1.165, 1.54) is 29.6 Å². The molecule has 0 heterocycles. The molecule has 7 heteroatoms. The van der Waals surface area contributed by atoms with Gasteiger partial charge in [0.15, 0.2) is 0 Å². The van der Waals surface area contributed by atoms with Crippen LogP contribution in [0, 0.1) is 5.82 Å². The zero-order chi connectivity index (χ0) is 20.3. The van der Waals surface area contributed by atoms with Crippen molar-refractivity contribution >= 4 is 31.6 Å². The van der Waals surface area contributed by atoms with Crippen LogP contribution in [0.1, 0.15) is 18.5 Å². The molecular weight excluding hydrogens is 445 g/mol. The second kappa shape index (κ2) is 8.32. The van der Waals surface area contributed by atoms with Crippen molar-refractivity contribution in [1.82, 2.24) is 0 Å². The molecule has 0 aliphatic heterocycles. The Morgan fingerprint density at radius 3 is 2.21 bits per heavy atom. The summed E-state index contributed by atoms with van der Waals surface area (Å²) >= 11 is 3.36. The van der Waals surface area contributed by atoms with E-state index in [0.29, 0.717) is 17.0 Å². The van der Waals surface area contributed by atoms with Crippen LogP contribution in [0.4, 0.5) is 10.1 Å². The number of methoxy groups -OCH3 is 1. The number of anilines is 1. The third kappa shape index (κ3) is 3.91. The van der Waals surface area contributed by atoms with Crippen LogP contribution in [0.5, 0.6) is 5.75 Å². The maximum atomic E-state index is 14.4. The largest absolute Gasteiger partial charge is 0.496 e. The molecule has 28 heavy (non-hydrogen) atoms. The number of benzene rings is 3. The van der Waals surface area contributed by atoms with E-state index in [9.17, 15) is 12.8 Å². The molecule has 0 radical (unpaired) electrons. The average Bonchev–Trinajstić information content (AvgIpc) is 2.69. The predicted octanol–water partition coefficient (Wildman–Crippen LogP) is 5.55. The van der Waals surface area contributed by atoms with E-state index >= 15 is 0 Å². The fraction of sp³-hybridized carbons (Fsp3) is 0.143. The highest BCUT2D eigenvalue weighted by atomic mass is 79.9. The minimum absolute atomic E-state index is 0.375. The Balaban J connectivity index is 2.21. The van der Waals surface area contributed by atoms with Crippen LogP contribution in [0.25, 0.3) is 0 Å². The molecule has 0 fully saturated rings. The zero-order valence-corrected chi connectivity index (χ0v) is 17.7. The van der Waals surface area contributed by atoms with Gasteiger partial charge in [-0.25, -0.2) is 12.8 Å². The lowest BCUT2D eigenvalue weighted by Gasteiger charge is -2.31. The van der Waals surface area contributed by atoms with E-state index in [4.69, 9.17) is 4.74 Å². The third-order valence-electron chi connectivity index (χ3n) is 4.40. The zero-order valence-electron chi connectivity index (χ0n) is 15.3. The Labute approximate surface area is 172 Å². The molecule has 4 nitrogen and oxygen atoms in total. The van der Waals surface area contributed by atoms with Gasteiger partial charge in [-0.2, -0.15) is 0 Å². The van der Waals surface area contributed by atoms with Crippen LogP contribution in [-0.2, 0) is 10.0 Å². The van der Waals surface area contributed by atoms with Gasteiger partial charge in [-0.05, 0) is 49.4 Å². The van der Waals surface area contributed by atoms with E-state index in [-0.39, 0.29) is 4.90 Å². The molecule has 3 aromatic carbocycles. The number of para-hydroxylation sites is 1. The minimum atomic E-state index is -4.18. The van der Waals surface area contributed by atoms with Crippen molar-refractivity contribution in [3.05, 3.63) is 88.6 Å². The summed E-state index contributed by atoms with van der Waals surface area (Å²) in [5, 5.41) is 0. The quantitative estimate of drug-likeness (QED) is 0.481.